The molecule has 0 radical (unpaired) electrons. The number of carbonyl (C=O) groups excluding carboxylic acids is 3. The molecule has 1 heterocycles. The Morgan fingerprint density at radius 3 is 2.21 bits per heavy atom. The summed E-state index contributed by atoms with van der Waals surface area (Å²) in [6.07, 6.45) is 11.0. The summed E-state index contributed by atoms with van der Waals surface area (Å²) in [5.41, 5.74) is 1.68. The summed E-state index contributed by atoms with van der Waals surface area (Å²) in [6, 6.07) is 7.49. The van der Waals surface area contributed by atoms with Crippen LogP contribution in [-0.4, -0.2) is 50.6 Å². The zero-order valence-corrected chi connectivity index (χ0v) is 22.0. The number of amides is 2. The molecule has 7 rings (SSSR count). The number of carboxylic acid groups (broad SMARTS) is 1. The molecule has 6 aliphatic rings. The lowest BCUT2D eigenvalue weighted by Crippen LogP contribution is -2.60. The van der Waals surface area contributed by atoms with Gasteiger partial charge in [0.05, 0.1) is 12.2 Å². The maximum atomic E-state index is 14.6. The highest BCUT2D eigenvalue weighted by molar-refractivity contribution is 6.02. The fourth-order valence-electron chi connectivity index (χ4n) is 8.75. The van der Waals surface area contributed by atoms with Crippen LogP contribution in [0.25, 0.3) is 0 Å². The highest BCUT2D eigenvalue weighted by atomic mass is 16.4. The van der Waals surface area contributed by atoms with Crippen molar-refractivity contribution in [2.24, 2.45) is 23.2 Å². The van der Waals surface area contributed by atoms with Gasteiger partial charge in [0.2, 0.25) is 11.8 Å². The van der Waals surface area contributed by atoms with Crippen LogP contribution in [-0.2, 0) is 25.7 Å². The van der Waals surface area contributed by atoms with Gasteiger partial charge in [-0.2, -0.15) is 0 Å². The minimum Gasteiger partial charge on any atom is -0.480 e. The highest BCUT2D eigenvalue weighted by Gasteiger charge is 2.54. The quantitative estimate of drug-likeness (QED) is 0.623. The average Bonchev–Trinajstić information content (AvgIpc) is 2.85. The van der Waals surface area contributed by atoms with Crippen molar-refractivity contribution in [1.82, 2.24) is 9.80 Å². The molecule has 1 aromatic carbocycles. The Hall–Kier alpha value is -3.22. The van der Waals surface area contributed by atoms with Crippen LogP contribution in [0.5, 0.6) is 0 Å². The molecule has 0 saturated heterocycles. The summed E-state index contributed by atoms with van der Waals surface area (Å²) in [5.74, 6) is -0.0729. The summed E-state index contributed by atoms with van der Waals surface area (Å²) < 4.78 is 0. The first-order chi connectivity index (χ1) is 18.2. The van der Waals surface area contributed by atoms with Crippen LogP contribution in [0, 0.1) is 23.2 Å². The van der Waals surface area contributed by atoms with E-state index in [1.807, 2.05) is 30.3 Å². The van der Waals surface area contributed by atoms with Crippen molar-refractivity contribution in [1.29, 1.82) is 0 Å². The number of nitrogens with zero attached hydrogens (tertiary/aromatic N) is 2. The number of aliphatic carboxylic acids is 1. The van der Waals surface area contributed by atoms with Crippen molar-refractivity contribution >= 4 is 23.6 Å². The molecule has 7 nitrogen and oxygen atoms in total. The van der Waals surface area contributed by atoms with Gasteiger partial charge in [0, 0.05) is 25.3 Å². The molecular weight excluding hydrogens is 480 g/mol. The number of hydrogen-bond donors (Lipinski definition) is 1. The summed E-state index contributed by atoms with van der Waals surface area (Å²) in [7, 11) is 0. The lowest BCUT2D eigenvalue weighted by Gasteiger charge is -2.58. The van der Waals surface area contributed by atoms with Crippen molar-refractivity contribution in [2.75, 3.05) is 0 Å². The molecule has 0 aromatic heterocycles. The molecule has 1 N–H and O–H groups in total. The Bertz CT molecular complexity index is 1200. The first-order valence-corrected chi connectivity index (χ1v) is 14.0. The van der Waals surface area contributed by atoms with Gasteiger partial charge in [0.1, 0.15) is 12.1 Å². The maximum Gasteiger partial charge on any atom is 0.326 e. The molecule has 1 aromatic rings. The first kappa shape index (κ1) is 25.1. The van der Waals surface area contributed by atoms with Gasteiger partial charge in [-0.15, -0.1) is 0 Å². The monoisotopic (exact) mass is 516 g/mol. The Morgan fingerprint density at radius 2 is 1.63 bits per heavy atom. The predicted octanol–water partition coefficient (Wildman–Crippen LogP) is 4.48. The Morgan fingerprint density at radius 1 is 1.00 bits per heavy atom. The Balaban J connectivity index is 1.46. The van der Waals surface area contributed by atoms with Crippen LogP contribution in [0.15, 0.2) is 53.8 Å². The van der Waals surface area contributed by atoms with E-state index in [0.717, 1.165) is 24.8 Å². The van der Waals surface area contributed by atoms with Crippen LogP contribution in [0.4, 0.5) is 0 Å². The number of carboxylic acids is 1. The van der Waals surface area contributed by atoms with Gasteiger partial charge in [0.15, 0.2) is 5.78 Å². The summed E-state index contributed by atoms with van der Waals surface area (Å²) in [5, 5.41) is 10.3. The lowest BCUT2D eigenvalue weighted by atomic mass is 9.48. The minimum absolute atomic E-state index is 0.0428. The van der Waals surface area contributed by atoms with E-state index in [0.29, 0.717) is 35.4 Å². The zero-order chi connectivity index (χ0) is 26.6. The van der Waals surface area contributed by atoms with E-state index in [4.69, 9.17) is 0 Å². The molecule has 4 saturated carbocycles. The zero-order valence-electron chi connectivity index (χ0n) is 22.0. The van der Waals surface area contributed by atoms with Crippen molar-refractivity contribution in [3.05, 3.63) is 59.3 Å². The lowest BCUT2D eigenvalue weighted by molar-refractivity contribution is -0.160. The molecule has 5 aliphatic carbocycles. The van der Waals surface area contributed by atoms with Gasteiger partial charge in [0.25, 0.3) is 0 Å². The molecule has 38 heavy (non-hydrogen) atoms. The number of Topliss-reactive ketones (excluding diaryl/α,β-unsaturated/α-hetero) is 1. The fraction of sp³-hybridized carbons (Fsp3) is 0.548. The third-order valence-corrected chi connectivity index (χ3v) is 9.76. The van der Waals surface area contributed by atoms with Crippen LogP contribution in [0.1, 0.15) is 70.3 Å². The van der Waals surface area contributed by atoms with Crippen LogP contribution >= 0.6 is 0 Å². The number of allylic oxidation sites excluding steroid dienone is 2. The van der Waals surface area contributed by atoms with Gasteiger partial charge < -0.3 is 14.9 Å². The van der Waals surface area contributed by atoms with Crippen molar-refractivity contribution in [2.45, 2.75) is 83.3 Å². The number of hydrogen-bond acceptors (Lipinski definition) is 4. The van der Waals surface area contributed by atoms with Crippen LogP contribution in [0.3, 0.4) is 0 Å². The van der Waals surface area contributed by atoms with E-state index in [9.17, 15) is 24.3 Å². The minimum atomic E-state index is -1.25. The van der Waals surface area contributed by atoms with Crippen LogP contribution in [0.2, 0.25) is 0 Å². The van der Waals surface area contributed by atoms with E-state index in [-0.39, 0.29) is 36.5 Å². The number of carbonyl (C=O) groups is 4. The Kier molecular flexibility index (Phi) is 6.28. The molecule has 4 bridgehead atoms. The van der Waals surface area contributed by atoms with Crippen LogP contribution < -0.4 is 0 Å². The van der Waals surface area contributed by atoms with Gasteiger partial charge in [-0.3, -0.25) is 14.4 Å². The van der Waals surface area contributed by atoms with Crippen molar-refractivity contribution in [3.63, 3.8) is 0 Å². The van der Waals surface area contributed by atoms with E-state index in [1.54, 1.807) is 17.1 Å². The number of rotatable bonds is 5. The van der Waals surface area contributed by atoms with Gasteiger partial charge >= 0.3 is 5.97 Å². The maximum absolute atomic E-state index is 14.6. The topological polar surface area (TPSA) is 95.0 Å². The summed E-state index contributed by atoms with van der Waals surface area (Å²) in [4.78, 5) is 56.5. The summed E-state index contributed by atoms with van der Waals surface area (Å²) in [6.45, 7) is 1.62. The smallest absolute Gasteiger partial charge is 0.326 e. The second-order valence-electron chi connectivity index (χ2n) is 12.4. The van der Waals surface area contributed by atoms with Gasteiger partial charge in [-0.05, 0) is 79.8 Å². The standard InChI is InChI=1S/C31H36N2O5/c1-19(34)33-26(30(37)38)13-24-25(8-5-9-28(24)35)32(18-20-6-3-2-4-7-20)29(36)27(33)17-31-14-21-10-22(15-31)12-23(11-21)16-31/h2-8,21-23,26-27H,9-18H2,1H3,(H,37,38)/t21?,22?,23?,26-,27+,31?/m0/s1. The molecule has 2 amide bonds. The third-order valence-electron chi connectivity index (χ3n) is 9.76. The van der Waals surface area contributed by atoms with Gasteiger partial charge in [-0.25, -0.2) is 4.79 Å². The van der Waals surface area contributed by atoms with E-state index in [2.05, 4.69) is 0 Å². The van der Waals surface area contributed by atoms with Crippen molar-refractivity contribution in [3.8, 4) is 0 Å². The molecule has 4 fully saturated rings. The Labute approximate surface area is 223 Å². The largest absolute Gasteiger partial charge is 0.480 e. The molecule has 0 unspecified atom stereocenters. The fourth-order valence-corrected chi connectivity index (χ4v) is 8.75. The average molecular weight is 517 g/mol. The SMILES string of the molecule is CC(=O)N1[C@H](CC23CC4CC(CC(C4)C2)C3)C(=O)N(Cc2ccccc2)C2=C(C[C@H]1C(=O)O)C(=O)CC=C2. The molecule has 2 atom stereocenters. The molecule has 7 heteroatoms. The third kappa shape index (κ3) is 4.40. The molecular formula is C31H36N2O5. The predicted molar refractivity (Wildman–Crippen MR) is 140 cm³/mol. The normalized spacial score (nSPS) is 34.3. The number of benzene rings is 1. The first-order valence-electron chi connectivity index (χ1n) is 14.0. The van der Waals surface area contributed by atoms with E-state index in [1.165, 1.54) is 31.1 Å². The van der Waals surface area contributed by atoms with Gasteiger partial charge in [-0.1, -0.05) is 36.4 Å². The molecule has 1 aliphatic heterocycles. The van der Waals surface area contributed by atoms with Crippen molar-refractivity contribution < 1.29 is 24.3 Å². The highest BCUT2D eigenvalue weighted by Crippen LogP contribution is 2.62. The number of ketones is 1. The molecule has 0 spiro atoms. The second kappa shape index (κ2) is 9.51. The second-order valence-corrected chi connectivity index (χ2v) is 12.4. The van der Waals surface area contributed by atoms with E-state index < -0.39 is 24.0 Å². The van der Waals surface area contributed by atoms with E-state index >= 15 is 0 Å². The molecule has 200 valence electrons. The summed E-state index contributed by atoms with van der Waals surface area (Å²) >= 11 is 0.